The largest absolute Gasteiger partial charge is 0.480 e. The summed E-state index contributed by atoms with van der Waals surface area (Å²) in [5.74, 6) is -1.56. The molecule has 4 heteroatoms. The van der Waals surface area contributed by atoms with Crippen LogP contribution >= 0.6 is 0 Å². The van der Waals surface area contributed by atoms with Crippen molar-refractivity contribution >= 4 is 5.97 Å². The van der Waals surface area contributed by atoms with E-state index in [1.807, 2.05) is 74.5 Å². The molecule has 1 saturated heterocycles. The van der Waals surface area contributed by atoms with Crippen LogP contribution in [0.2, 0.25) is 0 Å². The molecule has 1 N–H and O–H groups in total. The summed E-state index contributed by atoms with van der Waals surface area (Å²) in [5, 5.41) is 10.2. The highest BCUT2D eigenvalue weighted by Crippen LogP contribution is 2.40. The molecule has 0 aromatic heterocycles. The lowest BCUT2D eigenvalue weighted by Crippen LogP contribution is -2.41. The molecular formula is C20H22O4. The van der Waals surface area contributed by atoms with Crippen LogP contribution < -0.4 is 0 Å². The number of ether oxygens (including phenoxy) is 2. The minimum Gasteiger partial charge on any atom is -0.480 e. The van der Waals surface area contributed by atoms with Gasteiger partial charge < -0.3 is 14.6 Å². The third kappa shape index (κ3) is 3.07. The fraction of sp³-hybridized carbons (Fsp3) is 0.350. The van der Waals surface area contributed by atoms with Crippen LogP contribution in [0.25, 0.3) is 0 Å². The zero-order chi connectivity index (χ0) is 17.2. The molecule has 0 spiro atoms. The highest BCUT2D eigenvalue weighted by Gasteiger charge is 2.47. The standard InChI is InChI=1S/C20H22O4/c1-19(2)23-14-17(24-19)13-20(18(21)22,15-9-5-3-6-10-15)16-11-7-4-8-12-16/h3-12,17H,13-14H2,1-2H3,(H,21,22)/t17-/m0/s1. The van der Waals surface area contributed by atoms with Crippen LogP contribution in [0.15, 0.2) is 60.7 Å². The van der Waals surface area contributed by atoms with Gasteiger partial charge in [-0.1, -0.05) is 60.7 Å². The Hall–Kier alpha value is -2.17. The van der Waals surface area contributed by atoms with Crippen molar-refractivity contribution in [3.8, 4) is 0 Å². The normalized spacial score (nSPS) is 20.0. The number of hydrogen-bond acceptors (Lipinski definition) is 3. The molecule has 0 unspecified atom stereocenters. The van der Waals surface area contributed by atoms with Crippen LogP contribution in [0.5, 0.6) is 0 Å². The zero-order valence-corrected chi connectivity index (χ0v) is 13.9. The Kier molecular flexibility index (Phi) is 4.43. The van der Waals surface area contributed by atoms with Gasteiger partial charge in [0, 0.05) is 6.42 Å². The quantitative estimate of drug-likeness (QED) is 0.912. The van der Waals surface area contributed by atoms with Crippen LogP contribution in [0.3, 0.4) is 0 Å². The van der Waals surface area contributed by atoms with Gasteiger partial charge in [0.1, 0.15) is 5.41 Å². The third-order valence-electron chi connectivity index (χ3n) is 4.50. The van der Waals surface area contributed by atoms with Crippen LogP contribution in [-0.4, -0.2) is 29.6 Å². The van der Waals surface area contributed by atoms with E-state index in [4.69, 9.17) is 9.47 Å². The maximum absolute atomic E-state index is 12.5. The smallest absolute Gasteiger partial charge is 0.318 e. The monoisotopic (exact) mass is 326 g/mol. The maximum atomic E-state index is 12.5. The van der Waals surface area contributed by atoms with Gasteiger partial charge in [0.25, 0.3) is 0 Å². The average molecular weight is 326 g/mol. The van der Waals surface area contributed by atoms with E-state index in [-0.39, 0.29) is 6.10 Å². The van der Waals surface area contributed by atoms with E-state index >= 15 is 0 Å². The van der Waals surface area contributed by atoms with Crippen LogP contribution in [0.1, 0.15) is 31.4 Å². The van der Waals surface area contributed by atoms with Gasteiger partial charge in [-0.05, 0) is 25.0 Å². The van der Waals surface area contributed by atoms with Crippen LogP contribution in [-0.2, 0) is 19.7 Å². The maximum Gasteiger partial charge on any atom is 0.318 e. The molecule has 1 aliphatic heterocycles. The summed E-state index contributed by atoms with van der Waals surface area (Å²) in [4.78, 5) is 12.5. The summed E-state index contributed by atoms with van der Waals surface area (Å²) in [6.07, 6.45) is 0.0382. The zero-order valence-electron chi connectivity index (χ0n) is 13.9. The first-order valence-corrected chi connectivity index (χ1v) is 8.10. The molecule has 0 radical (unpaired) electrons. The van der Waals surface area contributed by atoms with E-state index in [9.17, 15) is 9.90 Å². The minimum atomic E-state index is -1.17. The van der Waals surface area contributed by atoms with Crippen LogP contribution in [0, 0.1) is 0 Å². The van der Waals surface area contributed by atoms with E-state index in [1.54, 1.807) is 0 Å². The van der Waals surface area contributed by atoms with E-state index in [2.05, 4.69) is 0 Å². The molecule has 1 atom stereocenters. The summed E-state index contributed by atoms with van der Waals surface area (Å²) in [6, 6.07) is 18.7. The van der Waals surface area contributed by atoms with Gasteiger partial charge in [0.2, 0.25) is 0 Å². The molecule has 4 nitrogen and oxygen atoms in total. The number of hydrogen-bond donors (Lipinski definition) is 1. The Labute approximate surface area is 142 Å². The van der Waals surface area contributed by atoms with E-state index < -0.39 is 17.2 Å². The second-order valence-corrected chi connectivity index (χ2v) is 6.60. The number of carbonyl (C=O) groups is 1. The molecule has 0 bridgehead atoms. The van der Waals surface area contributed by atoms with E-state index in [1.165, 1.54) is 0 Å². The molecule has 1 aliphatic rings. The van der Waals surface area contributed by atoms with Crippen molar-refractivity contribution < 1.29 is 19.4 Å². The van der Waals surface area contributed by atoms with Gasteiger partial charge in [0.05, 0.1) is 12.7 Å². The van der Waals surface area contributed by atoms with Gasteiger partial charge in [0.15, 0.2) is 5.79 Å². The van der Waals surface area contributed by atoms with Gasteiger partial charge in [-0.2, -0.15) is 0 Å². The van der Waals surface area contributed by atoms with E-state index in [0.717, 1.165) is 11.1 Å². The average Bonchev–Trinajstić information content (AvgIpc) is 2.92. The van der Waals surface area contributed by atoms with Gasteiger partial charge in [-0.15, -0.1) is 0 Å². The molecule has 126 valence electrons. The number of rotatable bonds is 5. The third-order valence-corrected chi connectivity index (χ3v) is 4.50. The fourth-order valence-electron chi connectivity index (χ4n) is 3.39. The Morgan fingerprint density at radius 2 is 1.58 bits per heavy atom. The van der Waals surface area contributed by atoms with Gasteiger partial charge >= 0.3 is 5.97 Å². The lowest BCUT2D eigenvalue weighted by molar-refractivity contribution is -0.150. The highest BCUT2D eigenvalue weighted by atomic mass is 16.7. The second kappa shape index (κ2) is 6.38. The predicted octanol–water partition coefficient (Wildman–Crippen LogP) is 3.60. The fourth-order valence-corrected chi connectivity index (χ4v) is 3.39. The molecular weight excluding hydrogens is 304 g/mol. The minimum absolute atomic E-state index is 0.281. The Morgan fingerprint density at radius 1 is 1.08 bits per heavy atom. The second-order valence-electron chi connectivity index (χ2n) is 6.60. The Bertz CT molecular complexity index is 655. The topological polar surface area (TPSA) is 55.8 Å². The number of benzene rings is 2. The number of carboxylic acids is 1. The molecule has 2 aromatic carbocycles. The molecule has 24 heavy (non-hydrogen) atoms. The van der Waals surface area contributed by atoms with Crippen molar-refractivity contribution in [1.29, 1.82) is 0 Å². The van der Waals surface area contributed by atoms with Crippen molar-refractivity contribution in [1.82, 2.24) is 0 Å². The lowest BCUT2D eigenvalue weighted by Gasteiger charge is -2.33. The summed E-state index contributed by atoms with van der Waals surface area (Å²) in [5.41, 5.74) is 0.325. The molecule has 1 heterocycles. The molecule has 2 aromatic rings. The Balaban J connectivity index is 2.08. The molecule has 0 amide bonds. The summed E-state index contributed by atoms with van der Waals surface area (Å²) in [7, 11) is 0. The Morgan fingerprint density at radius 3 is 1.96 bits per heavy atom. The summed E-state index contributed by atoms with van der Waals surface area (Å²) >= 11 is 0. The van der Waals surface area contributed by atoms with Gasteiger partial charge in [-0.3, -0.25) is 4.79 Å². The van der Waals surface area contributed by atoms with E-state index in [0.29, 0.717) is 13.0 Å². The van der Waals surface area contributed by atoms with Crippen molar-refractivity contribution in [2.45, 2.75) is 37.6 Å². The van der Waals surface area contributed by atoms with Crippen molar-refractivity contribution in [2.75, 3.05) is 6.61 Å². The van der Waals surface area contributed by atoms with Crippen molar-refractivity contribution in [2.24, 2.45) is 0 Å². The first-order valence-electron chi connectivity index (χ1n) is 8.10. The van der Waals surface area contributed by atoms with Crippen molar-refractivity contribution in [3.63, 3.8) is 0 Å². The highest BCUT2D eigenvalue weighted by molar-refractivity contribution is 5.86. The number of carboxylic acid groups (broad SMARTS) is 1. The molecule has 3 rings (SSSR count). The first kappa shape index (κ1) is 16.7. The lowest BCUT2D eigenvalue weighted by atomic mass is 9.71. The number of aliphatic carboxylic acids is 1. The van der Waals surface area contributed by atoms with Crippen LogP contribution in [0.4, 0.5) is 0 Å². The summed E-state index contributed by atoms with van der Waals surface area (Å²) < 4.78 is 11.5. The van der Waals surface area contributed by atoms with Gasteiger partial charge in [-0.25, -0.2) is 0 Å². The first-order chi connectivity index (χ1) is 11.4. The molecule has 1 fully saturated rings. The molecule has 0 saturated carbocycles. The molecule has 0 aliphatic carbocycles. The summed E-state index contributed by atoms with van der Waals surface area (Å²) in [6.45, 7) is 4.09. The predicted molar refractivity (Wildman–Crippen MR) is 90.8 cm³/mol. The van der Waals surface area contributed by atoms with Crippen molar-refractivity contribution in [3.05, 3.63) is 71.8 Å². The SMILES string of the molecule is CC1(C)OC[C@H](CC(C(=O)O)(c2ccccc2)c2ccccc2)O1.